The van der Waals surface area contributed by atoms with Gasteiger partial charge < -0.3 is 4.74 Å². The molecule has 0 saturated carbocycles. The highest BCUT2D eigenvalue weighted by Gasteiger charge is 2.34. The highest BCUT2D eigenvalue weighted by atomic mass is 19.4. The fourth-order valence-corrected chi connectivity index (χ4v) is 1.28. The van der Waals surface area contributed by atoms with Gasteiger partial charge in [0.2, 0.25) is 0 Å². The molecule has 1 rings (SSSR count). The number of halogens is 3. The van der Waals surface area contributed by atoms with Gasteiger partial charge in [-0.1, -0.05) is 0 Å². The number of hydrogen-bond acceptors (Lipinski definition) is 4. The fourth-order valence-electron chi connectivity index (χ4n) is 1.28. The zero-order valence-electron chi connectivity index (χ0n) is 10.5. The Morgan fingerprint density at radius 3 is 2.37 bits per heavy atom. The number of carbonyl (C=O) groups excluding carboxylic acids is 1. The van der Waals surface area contributed by atoms with Crippen LogP contribution in [0.4, 0.5) is 13.2 Å². The third-order valence-corrected chi connectivity index (χ3v) is 2.47. The Labute approximate surface area is 107 Å². The molecule has 0 spiro atoms. The van der Waals surface area contributed by atoms with Crippen LogP contribution in [0.25, 0.3) is 0 Å². The van der Waals surface area contributed by atoms with E-state index in [1.54, 1.807) is 0 Å². The van der Waals surface area contributed by atoms with Gasteiger partial charge in [-0.3, -0.25) is 0 Å². The summed E-state index contributed by atoms with van der Waals surface area (Å²) in [5.74, 6) is -0.985. The van der Waals surface area contributed by atoms with Gasteiger partial charge in [0.25, 0.3) is 0 Å². The van der Waals surface area contributed by atoms with Crippen LogP contribution in [0, 0.1) is 11.3 Å². The molecule has 1 aromatic rings. The van der Waals surface area contributed by atoms with E-state index in [2.05, 4.69) is 9.72 Å². The molecular weight excluding hydrogens is 261 g/mol. The van der Waals surface area contributed by atoms with Gasteiger partial charge in [-0.15, -0.1) is 0 Å². The summed E-state index contributed by atoms with van der Waals surface area (Å²) in [6.07, 6.45) is -4.63. The second kappa shape index (κ2) is 4.88. The van der Waals surface area contributed by atoms with Crippen LogP contribution in [0.1, 0.15) is 35.6 Å². The number of ether oxygens (including phenoxy) is 1. The summed E-state index contributed by atoms with van der Waals surface area (Å²) >= 11 is 0. The number of aromatic nitrogens is 1. The molecule has 0 aliphatic rings. The summed E-state index contributed by atoms with van der Waals surface area (Å²) in [5, 5.41) is 8.94. The van der Waals surface area contributed by atoms with Crippen molar-refractivity contribution in [2.75, 3.05) is 7.11 Å². The second-order valence-corrected chi connectivity index (χ2v) is 4.35. The Balaban J connectivity index is 3.51. The van der Waals surface area contributed by atoms with E-state index in [9.17, 15) is 18.0 Å². The normalized spacial score (nSPS) is 11.8. The standard InChI is InChI=1S/C12H11F3N2O2/c1-11(2,6-16)9-5-7(12(13,14)15)4-8(17-9)10(18)19-3/h4-5H,1-3H3. The molecule has 0 fully saturated rings. The van der Waals surface area contributed by atoms with Gasteiger partial charge in [-0.25, -0.2) is 9.78 Å². The lowest BCUT2D eigenvalue weighted by Gasteiger charge is -2.17. The van der Waals surface area contributed by atoms with Gasteiger partial charge >= 0.3 is 12.1 Å². The molecule has 19 heavy (non-hydrogen) atoms. The number of nitrogens with zero attached hydrogens (tertiary/aromatic N) is 2. The molecule has 0 aliphatic heterocycles. The van der Waals surface area contributed by atoms with Crippen LogP contribution in [-0.4, -0.2) is 18.1 Å². The lowest BCUT2D eigenvalue weighted by molar-refractivity contribution is -0.137. The van der Waals surface area contributed by atoms with Crippen LogP contribution in [0.15, 0.2) is 12.1 Å². The van der Waals surface area contributed by atoms with Gasteiger partial charge in [0, 0.05) is 0 Å². The largest absolute Gasteiger partial charge is 0.464 e. The number of carbonyl (C=O) groups is 1. The predicted molar refractivity (Wildman–Crippen MR) is 59.2 cm³/mol. The van der Waals surface area contributed by atoms with Crippen molar-refractivity contribution in [3.05, 3.63) is 29.1 Å². The molecule has 4 nitrogen and oxygen atoms in total. The summed E-state index contributed by atoms with van der Waals surface area (Å²) in [7, 11) is 1.04. The lowest BCUT2D eigenvalue weighted by Crippen LogP contribution is -2.21. The van der Waals surface area contributed by atoms with Crippen molar-refractivity contribution in [2.24, 2.45) is 0 Å². The number of nitriles is 1. The number of esters is 1. The maximum absolute atomic E-state index is 12.7. The van der Waals surface area contributed by atoms with E-state index < -0.39 is 28.8 Å². The van der Waals surface area contributed by atoms with Crippen molar-refractivity contribution < 1.29 is 22.7 Å². The Morgan fingerprint density at radius 1 is 1.37 bits per heavy atom. The van der Waals surface area contributed by atoms with Crippen LogP contribution >= 0.6 is 0 Å². The van der Waals surface area contributed by atoms with E-state index >= 15 is 0 Å². The van der Waals surface area contributed by atoms with Crippen molar-refractivity contribution in [1.82, 2.24) is 4.98 Å². The minimum Gasteiger partial charge on any atom is -0.464 e. The number of rotatable bonds is 2. The van der Waals surface area contributed by atoms with Gasteiger partial charge in [-0.05, 0) is 26.0 Å². The molecule has 1 aromatic heterocycles. The highest BCUT2D eigenvalue weighted by Crippen LogP contribution is 2.32. The van der Waals surface area contributed by atoms with E-state index in [1.165, 1.54) is 13.8 Å². The quantitative estimate of drug-likeness (QED) is 0.776. The zero-order valence-corrected chi connectivity index (χ0v) is 10.5. The van der Waals surface area contributed by atoms with Crippen molar-refractivity contribution in [2.45, 2.75) is 25.4 Å². The average Bonchev–Trinajstić information content (AvgIpc) is 2.36. The molecule has 102 valence electrons. The van der Waals surface area contributed by atoms with Gasteiger partial charge in [0.05, 0.1) is 29.9 Å². The Hall–Kier alpha value is -2.10. The number of methoxy groups -OCH3 is 1. The molecule has 0 radical (unpaired) electrons. The second-order valence-electron chi connectivity index (χ2n) is 4.35. The molecule has 0 saturated heterocycles. The zero-order chi connectivity index (χ0) is 14.8. The summed E-state index contributed by atoms with van der Waals surface area (Å²) in [6.45, 7) is 2.83. The summed E-state index contributed by atoms with van der Waals surface area (Å²) < 4.78 is 42.6. The Kier molecular flexibility index (Phi) is 3.84. The van der Waals surface area contributed by atoms with Crippen molar-refractivity contribution in [3.63, 3.8) is 0 Å². The van der Waals surface area contributed by atoms with Crippen LogP contribution in [-0.2, 0) is 16.3 Å². The maximum Gasteiger partial charge on any atom is 0.416 e. The highest BCUT2D eigenvalue weighted by molar-refractivity contribution is 5.87. The Bertz CT molecular complexity index is 545. The molecule has 0 amide bonds. The number of alkyl halides is 3. The van der Waals surface area contributed by atoms with Crippen molar-refractivity contribution in [1.29, 1.82) is 5.26 Å². The van der Waals surface area contributed by atoms with E-state index in [-0.39, 0.29) is 5.69 Å². The van der Waals surface area contributed by atoms with Gasteiger partial charge in [0.1, 0.15) is 5.69 Å². The molecule has 0 bridgehead atoms. The predicted octanol–water partition coefficient (Wildman–Crippen LogP) is 2.69. The molecule has 0 aliphatic carbocycles. The first-order chi connectivity index (χ1) is 8.61. The van der Waals surface area contributed by atoms with Crippen LogP contribution in [0.2, 0.25) is 0 Å². The van der Waals surface area contributed by atoms with E-state index in [0.29, 0.717) is 6.07 Å². The first kappa shape index (κ1) is 15.0. The molecular formula is C12H11F3N2O2. The summed E-state index contributed by atoms with van der Waals surface area (Å²) in [4.78, 5) is 15.1. The first-order valence-corrected chi connectivity index (χ1v) is 5.21. The first-order valence-electron chi connectivity index (χ1n) is 5.21. The SMILES string of the molecule is COC(=O)c1cc(C(F)(F)F)cc(C(C)(C)C#N)n1. The number of pyridine rings is 1. The van der Waals surface area contributed by atoms with Crippen LogP contribution in [0.5, 0.6) is 0 Å². The lowest BCUT2D eigenvalue weighted by atomic mass is 9.89. The topological polar surface area (TPSA) is 63.0 Å². The van der Waals surface area contributed by atoms with Gasteiger partial charge in [0.15, 0.2) is 0 Å². The summed E-state index contributed by atoms with van der Waals surface area (Å²) in [5.41, 5.74) is -2.90. The van der Waals surface area contributed by atoms with Crippen molar-refractivity contribution >= 4 is 5.97 Å². The molecule has 0 aromatic carbocycles. The van der Waals surface area contributed by atoms with Crippen molar-refractivity contribution in [3.8, 4) is 6.07 Å². The van der Waals surface area contributed by atoms with E-state index in [1.807, 2.05) is 6.07 Å². The minimum atomic E-state index is -4.63. The smallest absolute Gasteiger partial charge is 0.416 e. The average molecular weight is 272 g/mol. The fraction of sp³-hybridized carbons (Fsp3) is 0.417. The summed E-state index contributed by atoms with van der Waals surface area (Å²) in [6, 6.07) is 3.20. The monoisotopic (exact) mass is 272 g/mol. The Morgan fingerprint density at radius 2 is 1.95 bits per heavy atom. The van der Waals surface area contributed by atoms with Crippen LogP contribution in [0.3, 0.4) is 0 Å². The molecule has 0 atom stereocenters. The van der Waals surface area contributed by atoms with E-state index in [4.69, 9.17) is 5.26 Å². The maximum atomic E-state index is 12.7. The number of hydrogen-bond donors (Lipinski definition) is 0. The molecule has 0 N–H and O–H groups in total. The third kappa shape index (κ3) is 3.22. The molecule has 7 heteroatoms. The third-order valence-electron chi connectivity index (χ3n) is 2.47. The molecule has 0 unspecified atom stereocenters. The minimum absolute atomic E-state index is 0.134. The molecule has 1 heterocycles. The van der Waals surface area contributed by atoms with E-state index in [0.717, 1.165) is 13.2 Å². The van der Waals surface area contributed by atoms with Gasteiger partial charge in [-0.2, -0.15) is 18.4 Å². The van der Waals surface area contributed by atoms with Crippen LogP contribution < -0.4 is 0 Å².